The quantitative estimate of drug-likeness (QED) is 0.605. The van der Waals surface area contributed by atoms with Crippen LogP contribution in [-0.2, 0) is 14.3 Å². The lowest BCUT2D eigenvalue weighted by Gasteiger charge is -2.12. The Bertz CT molecular complexity index is 120. The summed E-state index contributed by atoms with van der Waals surface area (Å²) in [5.41, 5.74) is 0. The van der Waals surface area contributed by atoms with E-state index >= 15 is 0 Å². The SMILES string of the molecule is COCC(OC)C(=O)NSC. The molecule has 0 aromatic carbocycles. The van der Waals surface area contributed by atoms with Gasteiger partial charge in [-0.3, -0.25) is 9.52 Å². The lowest BCUT2D eigenvalue weighted by atomic mass is 10.4. The fourth-order valence-corrected chi connectivity index (χ4v) is 0.901. The Hall–Kier alpha value is -0.260. The average Bonchev–Trinajstić information content (AvgIpc) is 2.00. The van der Waals surface area contributed by atoms with Gasteiger partial charge in [0.15, 0.2) is 6.10 Å². The summed E-state index contributed by atoms with van der Waals surface area (Å²) in [6.07, 6.45) is 1.27. The van der Waals surface area contributed by atoms with Gasteiger partial charge in [0.25, 0.3) is 5.91 Å². The second kappa shape index (κ2) is 6.45. The van der Waals surface area contributed by atoms with E-state index in [-0.39, 0.29) is 12.5 Å². The summed E-state index contributed by atoms with van der Waals surface area (Å²) in [6, 6.07) is 0. The van der Waals surface area contributed by atoms with Gasteiger partial charge >= 0.3 is 0 Å². The van der Waals surface area contributed by atoms with E-state index in [0.29, 0.717) is 0 Å². The topological polar surface area (TPSA) is 47.6 Å². The van der Waals surface area contributed by atoms with Crippen LogP contribution in [-0.4, -0.2) is 39.1 Å². The number of carbonyl (C=O) groups excluding carboxylic acids is 1. The van der Waals surface area contributed by atoms with Crippen molar-refractivity contribution >= 4 is 17.9 Å². The van der Waals surface area contributed by atoms with Crippen LogP contribution in [0, 0.1) is 0 Å². The predicted molar refractivity (Wildman–Crippen MR) is 44.3 cm³/mol. The molecule has 0 saturated carbocycles. The smallest absolute Gasteiger partial charge is 0.261 e. The van der Waals surface area contributed by atoms with E-state index in [2.05, 4.69) is 4.72 Å². The first kappa shape index (κ1) is 10.7. The number of rotatable bonds is 5. The molecular formula is C6H13NO3S. The Kier molecular flexibility index (Phi) is 6.30. The van der Waals surface area contributed by atoms with Crippen LogP contribution < -0.4 is 4.72 Å². The standard InChI is InChI=1S/C6H13NO3S/c1-9-4-5(10-2)6(8)7-11-3/h5H,4H2,1-3H3,(H,7,8). The van der Waals surface area contributed by atoms with Crippen molar-refractivity contribution in [3.05, 3.63) is 0 Å². The molecule has 0 bridgehead atoms. The molecule has 0 aromatic heterocycles. The molecule has 1 unspecified atom stereocenters. The predicted octanol–water partition coefficient (Wildman–Crippen LogP) is 0.0420. The van der Waals surface area contributed by atoms with Gasteiger partial charge < -0.3 is 9.47 Å². The average molecular weight is 179 g/mol. The molecule has 0 aliphatic carbocycles. The lowest BCUT2D eigenvalue weighted by molar-refractivity contribution is -0.131. The van der Waals surface area contributed by atoms with Crippen molar-refractivity contribution in [3.8, 4) is 0 Å². The van der Waals surface area contributed by atoms with E-state index in [1.54, 1.807) is 6.26 Å². The van der Waals surface area contributed by atoms with Gasteiger partial charge in [-0.2, -0.15) is 0 Å². The first-order chi connectivity index (χ1) is 5.26. The maximum atomic E-state index is 11.0. The van der Waals surface area contributed by atoms with Crippen LogP contribution in [0.4, 0.5) is 0 Å². The molecular weight excluding hydrogens is 166 g/mol. The number of methoxy groups -OCH3 is 2. The first-order valence-corrected chi connectivity index (χ1v) is 4.33. The second-order valence-corrected chi connectivity index (χ2v) is 2.46. The van der Waals surface area contributed by atoms with Gasteiger partial charge in [-0.1, -0.05) is 11.9 Å². The number of carbonyl (C=O) groups is 1. The van der Waals surface area contributed by atoms with E-state index in [0.717, 1.165) is 0 Å². The molecule has 1 atom stereocenters. The number of amides is 1. The largest absolute Gasteiger partial charge is 0.381 e. The van der Waals surface area contributed by atoms with Crippen molar-refractivity contribution in [1.82, 2.24) is 4.72 Å². The van der Waals surface area contributed by atoms with Crippen LogP contribution in [0.25, 0.3) is 0 Å². The van der Waals surface area contributed by atoms with Gasteiger partial charge in [0, 0.05) is 20.5 Å². The number of hydrogen-bond acceptors (Lipinski definition) is 4. The Morgan fingerprint density at radius 2 is 2.27 bits per heavy atom. The lowest BCUT2D eigenvalue weighted by Crippen LogP contribution is -2.35. The molecule has 1 N–H and O–H groups in total. The zero-order chi connectivity index (χ0) is 8.69. The van der Waals surface area contributed by atoms with Crippen molar-refractivity contribution in [2.45, 2.75) is 6.10 Å². The van der Waals surface area contributed by atoms with E-state index in [9.17, 15) is 4.79 Å². The minimum absolute atomic E-state index is 0.165. The van der Waals surface area contributed by atoms with Crippen LogP contribution >= 0.6 is 11.9 Å². The summed E-state index contributed by atoms with van der Waals surface area (Å²) in [4.78, 5) is 11.0. The van der Waals surface area contributed by atoms with E-state index in [4.69, 9.17) is 9.47 Å². The molecule has 0 saturated heterocycles. The molecule has 1 amide bonds. The van der Waals surface area contributed by atoms with Crippen molar-refractivity contribution < 1.29 is 14.3 Å². The Morgan fingerprint density at radius 1 is 1.64 bits per heavy atom. The summed E-state index contributed by atoms with van der Waals surface area (Å²) in [6.45, 7) is 0.281. The highest BCUT2D eigenvalue weighted by Crippen LogP contribution is 1.93. The number of nitrogens with one attached hydrogen (secondary N) is 1. The molecule has 4 nitrogen and oxygen atoms in total. The van der Waals surface area contributed by atoms with Crippen LogP contribution in [0.15, 0.2) is 0 Å². The maximum Gasteiger partial charge on any atom is 0.261 e. The highest BCUT2D eigenvalue weighted by molar-refractivity contribution is 7.97. The molecule has 0 aromatic rings. The molecule has 0 rings (SSSR count). The molecule has 11 heavy (non-hydrogen) atoms. The number of ether oxygens (including phenoxy) is 2. The van der Waals surface area contributed by atoms with Gasteiger partial charge in [-0.25, -0.2) is 0 Å². The minimum Gasteiger partial charge on any atom is -0.381 e. The van der Waals surface area contributed by atoms with Crippen molar-refractivity contribution in [3.63, 3.8) is 0 Å². The normalized spacial score (nSPS) is 12.6. The zero-order valence-corrected chi connectivity index (χ0v) is 7.73. The molecule has 0 fully saturated rings. The zero-order valence-electron chi connectivity index (χ0n) is 6.92. The van der Waals surface area contributed by atoms with Crippen LogP contribution in [0.3, 0.4) is 0 Å². The Balaban J connectivity index is 3.71. The summed E-state index contributed by atoms with van der Waals surface area (Å²) >= 11 is 1.24. The number of hydrogen-bond donors (Lipinski definition) is 1. The summed E-state index contributed by atoms with van der Waals surface area (Å²) in [7, 11) is 3.00. The van der Waals surface area contributed by atoms with Crippen LogP contribution in [0.1, 0.15) is 0 Å². The maximum absolute atomic E-state index is 11.0. The highest BCUT2D eigenvalue weighted by Gasteiger charge is 2.15. The van der Waals surface area contributed by atoms with Crippen molar-refractivity contribution in [2.75, 3.05) is 27.1 Å². The van der Waals surface area contributed by atoms with Crippen LogP contribution in [0.5, 0.6) is 0 Å². The molecule has 0 radical (unpaired) electrons. The van der Waals surface area contributed by atoms with Gasteiger partial charge in [-0.15, -0.1) is 0 Å². The van der Waals surface area contributed by atoms with Gasteiger partial charge in [0.1, 0.15) is 0 Å². The van der Waals surface area contributed by atoms with Gasteiger partial charge in [0.05, 0.1) is 6.61 Å². The molecule has 0 aliphatic rings. The molecule has 0 spiro atoms. The van der Waals surface area contributed by atoms with Gasteiger partial charge in [-0.05, 0) is 0 Å². The fourth-order valence-electron chi connectivity index (χ4n) is 0.568. The van der Waals surface area contributed by atoms with Gasteiger partial charge in [0.2, 0.25) is 0 Å². The van der Waals surface area contributed by atoms with E-state index < -0.39 is 6.10 Å². The third kappa shape index (κ3) is 4.23. The monoisotopic (exact) mass is 179 g/mol. The molecule has 0 heterocycles. The molecule has 5 heteroatoms. The summed E-state index contributed by atoms with van der Waals surface area (Å²) in [5, 5.41) is 0. The van der Waals surface area contributed by atoms with Crippen molar-refractivity contribution in [1.29, 1.82) is 0 Å². The van der Waals surface area contributed by atoms with Crippen LogP contribution in [0.2, 0.25) is 0 Å². The highest BCUT2D eigenvalue weighted by atomic mass is 32.2. The second-order valence-electron chi connectivity index (χ2n) is 1.85. The van der Waals surface area contributed by atoms with E-state index in [1.807, 2.05) is 0 Å². The third-order valence-electron chi connectivity index (χ3n) is 1.10. The third-order valence-corrected chi connectivity index (χ3v) is 1.50. The fraction of sp³-hybridized carbons (Fsp3) is 0.833. The Morgan fingerprint density at radius 3 is 2.64 bits per heavy atom. The molecule has 0 aliphatic heterocycles. The Labute approximate surface area is 70.8 Å². The van der Waals surface area contributed by atoms with E-state index in [1.165, 1.54) is 26.2 Å². The summed E-state index contributed by atoms with van der Waals surface area (Å²) in [5.74, 6) is -0.165. The van der Waals surface area contributed by atoms with Crippen molar-refractivity contribution in [2.24, 2.45) is 0 Å². The minimum atomic E-state index is -0.507. The molecule has 66 valence electrons. The summed E-state index contributed by atoms with van der Waals surface area (Å²) < 4.78 is 12.2. The first-order valence-electron chi connectivity index (χ1n) is 3.10.